The molecular formula is C14H19N3O3. The van der Waals surface area contributed by atoms with E-state index in [2.05, 4.69) is 15.3 Å². The lowest BCUT2D eigenvalue weighted by atomic mass is 10.3. The molecule has 0 saturated heterocycles. The number of nitrogens with zero attached hydrogens (tertiary/aromatic N) is 2. The number of rotatable bonds is 7. The molecule has 2 saturated carbocycles. The van der Waals surface area contributed by atoms with Gasteiger partial charge in [0.05, 0.1) is 5.56 Å². The molecule has 20 heavy (non-hydrogen) atoms. The van der Waals surface area contributed by atoms with Crippen LogP contribution in [0.2, 0.25) is 0 Å². The fraction of sp³-hybridized carbons (Fsp3) is 0.643. The van der Waals surface area contributed by atoms with Gasteiger partial charge >= 0.3 is 5.97 Å². The van der Waals surface area contributed by atoms with Crippen molar-refractivity contribution in [3.05, 3.63) is 11.4 Å². The number of carboxylic acid groups (broad SMARTS) is 1. The van der Waals surface area contributed by atoms with Gasteiger partial charge in [0.1, 0.15) is 11.6 Å². The first-order chi connectivity index (χ1) is 9.63. The Kier molecular flexibility index (Phi) is 3.46. The zero-order chi connectivity index (χ0) is 14.1. The zero-order valence-electron chi connectivity index (χ0n) is 11.6. The number of hydrogen-bond donors (Lipinski definition) is 2. The van der Waals surface area contributed by atoms with Gasteiger partial charge in [-0.05, 0) is 38.5 Å². The predicted octanol–water partition coefficient (Wildman–Crippen LogP) is 1.95. The molecule has 2 aliphatic carbocycles. The van der Waals surface area contributed by atoms with E-state index in [1.165, 1.54) is 12.8 Å². The summed E-state index contributed by atoms with van der Waals surface area (Å²) in [6.45, 7) is 2.41. The Balaban J connectivity index is 1.79. The average molecular weight is 277 g/mol. The Morgan fingerprint density at radius 1 is 1.35 bits per heavy atom. The molecule has 1 aromatic heterocycles. The maximum atomic E-state index is 10.6. The van der Waals surface area contributed by atoms with Crippen LogP contribution in [-0.2, 0) is 4.79 Å². The van der Waals surface area contributed by atoms with E-state index in [-0.39, 0.29) is 6.61 Å². The third-order valence-corrected chi connectivity index (χ3v) is 3.65. The first-order valence-corrected chi connectivity index (χ1v) is 7.10. The van der Waals surface area contributed by atoms with Crippen LogP contribution in [0.5, 0.6) is 5.88 Å². The van der Waals surface area contributed by atoms with E-state index in [0.717, 1.165) is 42.5 Å². The van der Waals surface area contributed by atoms with E-state index >= 15 is 0 Å². The minimum absolute atomic E-state index is 0.371. The lowest BCUT2D eigenvalue weighted by Crippen LogP contribution is -2.14. The molecule has 0 amide bonds. The molecule has 0 atom stereocenters. The number of carboxylic acids is 1. The van der Waals surface area contributed by atoms with Gasteiger partial charge < -0.3 is 15.2 Å². The molecule has 3 rings (SSSR count). The smallest absolute Gasteiger partial charge is 0.341 e. The van der Waals surface area contributed by atoms with Gasteiger partial charge in [0.2, 0.25) is 5.88 Å². The molecule has 6 nitrogen and oxygen atoms in total. The highest BCUT2D eigenvalue weighted by Gasteiger charge is 2.29. The van der Waals surface area contributed by atoms with Gasteiger partial charge in [-0.15, -0.1) is 0 Å². The molecule has 0 bridgehead atoms. The first-order valence-electron chi connectivity index (χ1n) is 7.10. The van der Waals surface area contributed by atoms with Gasteiger partial charge in [-0.25, -0.2) is 9.78 Å². The van der Waals surface area contributed by atoms with Crippen LogP contribution in [0.4, 0.5) is 5.82 Å². The molecule has 2 aliphatic rings. The third-order valence-electron chi connectivity index (χ3n) is 3.65. The second-order valence-corrected chi connectivity index (χ2v) is 5.64. The molecular weight excluding hydrogens is 258 g/mol. The maximum Gasteiger partial charge on any atom is 0.341 e. The maximum absolute atomic E-state index is 10.6. The van der Waals surface area contributed by atoms with E-state index in [1.54, 1.807) is 0 Å². The summed E-state index contributed by atoms with van der Waals surface area (Å²) in [7, 11) is 0. The van der Waals surface area contributed by atoms with Gasteiger partial charge in [-0.2, -0.15) is 4.98 Å². The Morgan fingerprint density at radius 2 is 2.10 bits per heavy atom. The summed E-state index contributed by atoms with van der Waals surface area (Å²) in [5.74, 6) is 2.11. The van der Waals surface area contributed by atoms with Crippen molar-refractivity contribution in [2.75, 3.05) is 18.5 Å². The Morgan fingerprint density at radius 3 is 2.70 bits per heavy atom. The molecule has 2 fully saturated rings. The molecule has 1 heterocycles. The number of carbonyl (C=O) groups is 1. The van der Waals surface area contributed by atoms with Crippen molar-refractivity contribution < 1.29 is 14.6 Å². The Bertz CT molecular complexity index is 525. The highest BCUT2D eigenvalue weighted by atomic mass is 16.5. The topological polar surface area (TPSA) is 84.3 Å². The van der Waals surface area contributed by atoms with Gasteiger partial charge in [0, 0.05) is 12.5 Å². The van der Waals surface area contributed by atoms with E-state index in [9.17, 15) is 4.79 Å². The summed E-state index contributed by atoms with van der Waals surface area (Å²) >= 11 is 0. The van der Waals surface area contributed by atoms with Crippen LogP contribution in [0.1, 0.15) is 43.0 Å². The number of anilines is 1. The Labute approximate surface area is 117 Å². The van der Waals surface area contributed by atoms with Crippen molar-refractivity contribution in [1.29, 1.82) is 0 Å². The minimum atomic E-state index is -0.997. The first kappa shape index (κ1) is 13.1. The second kappa shape index (κ2) is 5.26. The van der Waals surface area contributed by atoms with Crippen LogP contribution >= 0.6 is 0 Å². The van der Waals surface area contributed by atoms with Crippen LogP contribution in [-0.4, -0.2) is 34.2 Å². The van der Waals surface area contributed by atoms with Crippen LogP contribution in [0, 0.1) is 12.8 Å². The molecule has 108 valence electrons. The van der Waals surface area contributed by atoms with Crippen molar-refractivity contribution in [3.8, 4) is 5.88 Å². The summed E-state index contributed by atoms with van der Waals surface area (Å²) in [5.41, 5.74) is 0.788. The summed E-state index contributed by atoms with van der Waals surface area (Å²) in [6.07, 6.45) is 4.75. The SMILES string of the molecule is Cc1c(NCC2CC2)nc(C2CC2)nc1OCC(=O)O. The van der Waals surface area contributed by atoms with Crippen molar-refractivity contribution >= 4 is 11.8 Å². The third kappa shape index (κ3) is 3.18. The fourth-order valence-corrected chi connectivity index (χ4v) is 2.04. The number of nitrogens with one attached hydrogen (secondary N) is 1. The number of hydrogen-bond acceptors (Lipinski definition) is 5. The lowest BCUT2D eigenvalue weighted by molar-refractivity contribution is -0.139. The largest absolute Gasteiger partial charge is 0.479 e. The van der Waals surface area contributed by atoms with Crippen LogP contribution in [0.25, 0.3) is 0 Å². The average Bonchev–Trinajstić information content (AvgIpc) is 3.28. The molecule has 0 spiro atoms. The zero-order valence-corrected chi connectivity index (χ0v) is 11.6. The van der Waals surface area contributed by atoms with Crippen molar-refractivity contribution in [3.63, 3.8) is 0 Å². The van der Waals surface area contributed by atoms with E-state index in [4.69, 9.17) is 9.84 Å². The van der Waals surface area contributed by atoms with Gasteiger partial charge in [-0.3, -0.25) is 0 Å². The van der Waals surface area contributed by atoms with Gasteiger partial charge in [0.25, 0.3) is 0 Å². The second-order valence-electron chi connectivity index (χ2n) is 5.64. The van der Waals surface area contributed by atoms with Crippen molar-refractivity contribution in [2.24, 2.45) is 5.92 Å². The summed E-state index contributed by atoms with van der Waals surface area (Å²) in [5, 5.41) is 12.1. The molecule has 0 aromatic carbocycles. The predicted molar refractivity (Wildman–Crippen MR) is 73.1 cm³/mol. The van der Waals surface area contributed by atoms with Crippen molar-refractivity contribution in [2.45, 2.75) is 38.5 Å². The molecule has 6 heteroatoms. The summed E-state index contributed by atoms with van der Waals surface area (Å²) in [6, 6.07) is 0. The number of aromatic nitrogens is 2. The molecule has 0 aliphatic heterocycles. The highest BCUT2D eigenvalue weighted by Crippen LogP contribution is 2.40. The van der Waals surface area contributed by atoms with Gasteiger partial charge in [0.15, 0.2) is 6.61 Å². The molecule has 2 N–H and O–H groups in total. The fourth-order valence-electron chi connectivity index (χ4n) is 2.04. The van der Waals surface area contributed by atoms with E-state index in [1.807, 2.05) is 6.92 Å². The summed E-state index contributed by atoms with van der Waals surface area (Å²) in [4.78, 5) is 19.6. The lowest BCUT2D eigenvalue weighted by Gasteiger charge is -2.13. The Hall–Kier alpha value is -1.85. The standard InChI is InChI=1S/C14H19N3O3/c1-8-12(15-6-9-2-3-9)16-13(10-4-5-10)17-14(8)20-7-11(18)19/h9-10H,2-7H2,1H3,(H,18,19)(H,15,16,17). The quantitative estimate of drug-likeness (QED) is 0.792. The van der Waals surface area contributed by atoms with Crippen LogP contribution in [0.15, 0.2) is 0 Å². The van der Waals surface area contributed by atoms with E-state index < -0.39 is 5.97 Å². The monoisotopic (exact) mass is 277 g/mol. The van der Waals surface area contributed by atoms with Gasteiger partial charge in [-0.1, -0.05) is 0 Å². The number of ether oxygens (including phenoxy) is 1. The number of aliphatic carboxylic acids is 1. The van der Waals surface area contributed by atoms with Crippen molar-refractivity contribution in [1.82, 2.24) is 9.97 Å². The molecule has 0 unspecified atom stereocenters. The summed E-state index contributed by atoms with van der Waals surface area (Å²) < 4.78 is 5.29. The normalized spacial score (nSPS) is 17.9. The molecule has 1 aromatic rings. The molecule has 0 radical (unpaired) electrons. The minimum Gasteiger partial charge on any atom is -0.479 e. The van der Waals surface area contributed by atoms with Crippen LogP contribution in [0.3, 0.4) is 0 Å². The van der Waals surface area contributed by atoms with E-state index in [0.29, 0.717) is 11.8 Å². The van der Waals surface area contributed by atoms with Crippen LogP contribution < -0.4 is 10.1 Å². The highest BCUT2D eigenvalue weighted by molar-refractivity contribution is 5.68.